The van der Waals surface area contributed by atoms with Crippen LogP contribution in [-0.4, -0.2) is 27.3 Å². The van der Waals surface area contributed by atoms with Gasteiger partial charge in [-0.15, -0.1) is 10.2 Å². The molecule has 0 bridgehead atoms. The van der Waals surface area contributed by atoms with E-state index in [0.717, 1.165) is 34.0 Å². The van der Waals surface area contributed by atoms with Crippen LogP contribution in [0.2, 0.25) is 0 Å². The number of thioether (sulfide) groups is 1. The molecule has 32 heavy (non-hydrogen) atoms. The highest BCUT2D eigenvalue weighted by Gasteiger charge is 2.35. The average molecular weight is 443 g/mol. The van der Waals surface area contributed by atoms with Gasteiger partial charge in [0, 0.05) is 17.5 Å². The maximum atomic E-state index is 13.4. The smallest absolute Gasteiger partial charge is 0.247 e. The van der Waals surface area contributed by atoms with Gasteiger partial charge < -0.3 is 4.74 Å². The number of carbonyl (C=O) groups is 1. The number of carbonyl (C=O) groups excluding carboxylic acids is 1. The average Bonchev–Trinajstić information content (AvgIpc) is 2.98. The maximum Gasteiger partial charge on any atom is 0.247 e. The molecule has 1 aliphatic heterocycles. The normalized spacial score (nSPS) is 14.9. The molecule has 0 radical (unpaired) electrons. The lowest BCUT2D eigenvalue weighted by Gasteiger charge is -2.31. The number of benzene rings is 3. The molecule has 160 valence electrons. The predicted octanol–water partition coefficient (Wildman–Crippen LogP) is 5.64. The van der Waals surface area contributed by atoms with Crippen LogP contribution in [0.4, 0.5) is 5.69 Å². The first kappa shape index (κ1) is 20.5. The molecule has 0 saturated heterocycles. The van der Waals surface area contributed by atoms with Crippen molar-refractivity contribution in [3.8, 4) is 17.1 Å². The Labute approximate surface area is 190 Å². The first-order valence-electron chi connectivity index (χ1n) is 10.5. The van der Waals surface area contributed by atoms with Gasteiger partial charge in [-0.05, 0) is 35.6 Å². The summed E-state index contributed by atoms with van der Waals surface area (Å²) in [7, 11) is 0. The summed E-state index contributed by atoms with van der Waals surface area (Å²) in [6, 6.07) is 22.0. The van der Waals surface area contributed by atoms with Crippen molar-refractivity contribution < 1.29 is 9.53 Å². The van der Waals surface area contributed by atoms with Gasteiger partial charge in [-0.1, -0.05) is 73.3 Å². The largest absolute Gasteiger partial charge is 0.447 e. The molecule has 0 saturated carbocycles. The van der Waals surface area contributed by atoms with Crippen LogP contribution in [0.3, 0.4) is 0 Å². The van der Waals surface area contributed by atoms with Gasteiger partial charge in [0.15, 0.2) is 5.69 Å². The lowest BCUT2D eigenvalue weighted by atomic mass is 10.0. The number of para-hydroxylation sites is 1. The Kier molecular flexibility index (Phi) is 5.49. The Morgan fingerprint density at radius 2 is 1.81 bits per heavy atom. The number of aromatic nitrogens is 3. The minimum absolute atomic E-state index is 0.0102. The van der Waals surface area contributed by atoms with E-state index in [1.165, 1.54) is 11.8 Å². The lowest BCUT2D eigenvalue weighted by Crippen LogP contribution is -2.37. The molecule has 1 aliphatic rings. The third-order valence-corrected chi connectivity index (χ3v) is 6.02. The highest BCUT2D eigenvalue weighted by molar-refractivity contribution is 7.98. The summed E-state index contributed by atoms with van der Waals surface area (Å²) in [5.74, 6) is 0.366. The van der Waals surface area contributed by atoms with Crippen molar-refractivity contribution in [2.75, 3.05) is 11.2 Å². The first-order chi connectivity index (χ1) is 15.7. The van der Waals surface area contributed by atoms with Crippen LogP contribution >= 0.6 is 11.8 Å². The number of rotatable bonds is 4. The van der Waals surface area contributed by atoms with Gasteiger partial charge in [-0.25, -0.2) is 0 Å². The predicted molar refractivity (Wildman–Crippen MR) is 127 cm³/mol. The fraction of sp³-hybridized carbons (Fsp3) is 0.200. The molecule has 0 fully saturated rings. The Bertz CT molecular complexity index is 1310. The molecule has 6 nitrogen and oxygen atoms in total. The molecule has 1 amide bonds. The van der Waals surface area contributed by atoms with Gasteiger partial charge in [0.25, 0.3) is 0 Å². The second kappa shape index (κ2) is 8.59. The molecule has 0 unspecified atom stereocenters. The number of hydrogen-bond acceptors (Lipinski definition) is 6. The van der Waals surface area contributed by atoms with Gasteiger partial charge in [0.1, 0.15) is 0 Å². The number of fused-ring (bicyclic) bond motifs is 4. The highest BCUT2D eigenvalue weighted by Crippen LogP contribution is 2.43. The van der Waals surface area contributed by atoms with E-state index in [0.29, 0.717) is 23.2 Å². The molecule has 0 aliphatic carbocycles. The Morgan fingerprint density at radius 3 is 2.62 bits per heavy atom. The fourth-order valence-electron chi connectivity index (χ4n) is 3.98. The summed E-state index contributed by atoms with van der Waals surface area (Å²) in [6.07, 6.45) is 2.37. The van der Waals surface area contributed by atoms with Gasteiger partial charge in [-0.2, -0.15) is 4.98 Å². The van der Waals surface area contributed by atoms with Crippen LogP contribution in [0.1, 0.15) is 31.6 Å². The van der Waals surface area contributed by atoms with Crippen LogP contribution in [0.25, 0.3) is 22.0 Å². The molecular formula is C25H22N4O2S. The van der Waals surface area contributed by atoms with Crippen molar-refractivity contribution in [3.63, 3.8) is 0 Å². The van der Waals surface area contributed by atoms with E-state index in [-0.39, 0.29) is 5.91 Å². The van der Waals surface area contributed by atoms with Crippen molar-refractivity contribution in [1.29, 1.82) is 0 Å². The molecule has 7 heteroatoms. The molecule has 0 spiro atoms. The minimum Gasteiger partial charge on any atom is -0.447 e. The van der Waals surface area contributed by atoms with E-state index in [4.69, 9.17) is 4.74 Å². The van der Waals surface area contributed by atoms with Crippen molar-refractivity contribution in [2.45, 2.75) is 31.1 Å². The van der Waals surface area contributed by atoms with E-state index in [2.05, 4.69) is 39.4 Å². The minimum atomic E-state index is -0.674. The zero-order valence-corrected chi connectivity index (χ0v) is 18.7. The summed E-state index contributed by atoms with van der Waals surface area (Å²) in [5.41, 5.74) is 2.94. The van der Waals surface area contributed by atoms with Crippen LogP contribution < -0.4 is 9.64 Å². The molecule has 3 aromatic carbocycles. The van der Waals surface area contributed by atoms with Crippen molar-refractivity contribution >= 4 is 34.1 Å². The summed E-state index contributed by atoms with van der Waals surface area (Å²) >= 11 is 1.40. The summed E-state index contributed by atoms with van der Waals surface area (Å²) < 4.78 is 6.48. The summed E-state index contributed by atoms with van der Waals surface area (Å²) in [5, 5.41) is 11.4. The third-order valence-electron chi connectivity index (χ3n) is 5.49. The standard InChI is InChI=1S/C25H22N4O2S/c1-3-8-21(30)29-20-12-7-6-11-19(20)22-23(26-25(32-2)28-27-22)31-24(29)18-14-13-16-9-4-5-10-17(16)15-18/h4-7,9-15,24H,3,8H2,1-2H3/t24-/m1/s1. The zero-order chi connectivity index (χ0) is 22.1. The van der Waals surface area contributed by atoms with E-state index < -0.39 is 6.23 Å². The second-order valence-electron chi connectivity index (χ2n) is 7.56. The SMILES string of the molecule is CCCC(=O)N1c2ccccc2-c2nnc(SC)nc2O[C@@H]1c1ccc2ccccc2c1. The zero-order valence-electron chi connectivity index (χ0n) is 17.9. The second-order valence-corrected chi connectivity index (χ2v) is 8.33. The van der Waals surface area contributed by atoms with E-state index >= 15 is 0 Å². The third kappa shape index (κ3) is 3.58. The van der Waals surface area contributed by atoms with Crippen molar-refractivity contribution in [3.05, 3.63) is 72.3 Å². The molecule has 1 aromatic heterocycles. The van der Waals surface area contributed by atoms with Crippen LogP contribution in [0, 0.1) is 0 Å². The number of anilines is 1. The van der Waals surface area contributed by atoms with Gasteiger partial charge in [-0.3, -0.25) is 9.69 Å². The molecule has 4 aromatic rings. The monoisotopic (exact) mass is 442 g/mol. The van der Waals surface area contributed by atoms with Crippen LogP contribution in [0.5, 0.6) is 5.88 Å². The molecular weight excluding hydrogens is 420 g/mol. The van der Waals surface area contributed by atoms with Crippen molar-refractivity contribution in [2.24, 2.45) is 0 Å². The maximum absolute atomic E-state index is 13.4. The molecule has 2 heterocycles. The Hall–Kier alpha value is -3.45. The van der Waals surface area contributed by atoms with Crippen LogP contribution in [0.15, 0.2) is 71.9 Å². The number of nitrogens with zero attached hydrogens (tertiary/aromatic N) is 4. The summed E-state index contributed by atoms with van der Waals surface area (Å²) in [4.78, 5) is 19.8. The first-order valence-corrected chi connectivity index (χ1v) is 11.8. The van der Waals surface area contributed by atoms with E-state index in [1.807, 2.05) is 55.6 Å². The van der Waals surface area contributed by atoms with E-state index in [1.54, 1.807) is 4.90 Å². The van der Waals surface area contributed by atoms with Gasteiger partial charge >= 0.3 is 0 Å². The van der Waals surface area contributed by atoms with Gasteiger partial charge in [0.05, 0.1) is 5.69 Å². The molecule has 5 rings (SSSR count). The summed E-state index contributed by atoms with van der Waals surface area (Å²) in [6.45, 7) is 2.00. The number of ether oxygens (including phenoxy) is 1. The molecule has 1 atom stereocenters. The molecule has 0 N–H and O–H groups in total. The number of hydrogen-bond donors (Lipinski definition) is 0. The quantitative estimate of drug-likeness (QED) is 0.381. The van der Waals surface area contributed by atoms with Gasteiger partial charge in [0.2, 0.25) is 23.2 Å². The van der Waals surface area contributed by atoms with Crippen LogP contribution in [-0.2, 0) is 4.79 Å². The lowest BCUT2D eigenvalue weighted by molar-refractivity contribution is -0.120. The topological polar surface area (TPSA) is 68.2 Å². The van der Waals surface area contributed by atoms with E-state index in [9.17, 15) is 4.79 Å². The number of amides is 1. The Morgan fingerprint density at radius 1 is 1.03 bits per heavy atom. The highest BCUT2D eigenvalue weighted by atomic mass is 32.2. The fourth-order valence-corrected chi connectivity index (χ4v) is 4.28. The Balaban J connectivity index is 1.74. The van der Waals surface area contributed by atoms with Crippen molar-refractivity contribution in [1.82, 2.24) is 15.2 Å².